The van der Waals surface area contributed by atoms with Crippen LogP contribution in [0.2, 0.25) is 0 Å². The minimum absolute atomic E-state index is 0.275. The molecule has 0 amide bonds. The molecular formula is C6H11NO2. The largest absolute Gasteiger partial charge is 0.259 e. The molecular weight excluding hydrogens is 118 g/mol. The zero-order chi connectivity index (χ0) is 7.44. The maximum Gasteiger partial charge on any atom is 0.242 e. The Kier molecular flexibility index (Phi) is 2.91. The number of nitro groups is 1. The smallest absolute Gasteiger partial charge is 0.242 e. The second-order valence-electron chi connectivity index (χ2n) is 1.98. The van der Waals surface area contributed by atoms with Crippen LogP contribution in [0.15, 0.2) is 11.3 Å². The van der Waals surface area contributed by atoms with Crippen LogP contribution < -0.4 is 0 Å². The first-order valence-corrected chi connectivity index (χ1v) is 2.90. The quantitative estimate of drug-likeness (QED) is 0.422. The monoisotopic (exact) mass is 129 g/mol. The van der Waals surface area contributed by atoms with E-state index in [9.17, 15) is 10.1 Å². The van der Waals surface area contributed by atoms with E-state index in [0.29, 0.717) is 0 Å². The minimum Gasteiger partial charge on any atom is -0.259 e. The summed E-state index contributed by atoms with van der Waals surface area (Å²) in [5.41, 5.74) is 1.12. The van der Waals surface area contributed by atoms with Gasteiger partial charge in [0.1, 0.15) is 0 Å². The van der Waals surface area contributed by atoms with Gasteiger partial charge < -0.3 is 0 Å². The summed E-state index contributed by atoms with van der Waals surface area (Å²) < 4.78 is 0. The van der Waals surface area contributed by atoms with Crippen LogP contribution in [-0.4, -0.2) is 4.92 Å². The average molecular weight is 129 g/mol. The van der Waals surface area contributed by atoms with Crippen molar-refractivity contribution in [3.63, 3.8) is 0 Å². The van der Waals surface area contributed by atoms with Gasteiger partial charge in [0.25, 0.3) is 0 Å². The maximum atomic E-state index is 10.0. The lowest BCUT2D eigenvalue weighted by atomic mass is 10.2. The van der Waals surface area contributed by atoms with Gasteiger partial charge in [-0.2, -0.15) is 0 Å². The Hall–Kier alpha value is -0.860. The maximum absolute atomic E-state index is 10.0. The van der Waals surface area contributed by atoms with E-state index in [1.807, 2.05) is 6.92 Å². The molecule has 0 rings (SSSR count). The van der Waals surface area contributed by atoms with Crippen molar-refractivity contribution >= 4 is 0 Å². The van der Waals surface area contributed by atoms with Gasteiger partial charge in [-0.1, -0.05) is 6.92 Å². The summed E-state index contributed by atoms with van der Waals surface area (Å²) in [4.78, 5) is 9.70. The number of rotatable bonds is 2. The van der Waals surface area contributed by atoms with E-state index in [0.717, 1.165) is 12.0 Å². The van der Waals surface area contributed by atoms with E-state index < -0.39 is 0 Å². The first-order valence-electron chi connectivity index (χ1n) is 2.90. The molecule has 0 radical (unpaired) electrons. The van der Waals surface area contributed by atoms with Gasteiger partial charge in [0, 0.05) is 6.92 Å². The first kappa shape index (κ1) is 8.14. The van der Waals surface area contributed by atoms with Crippen molar-refractivity contribution in [2.24, 2.45) is 0 Å². The molecule has 0 atom stereocenters. The molecule has 0 heterocycles. The van der Waals surface area contributed by atoms with E-state index in [2.05, 4.69) is 0 Å². The Morgan fingerprint density at radius 2 is 2.00 bits per heavy atom. The van der Waals surface area contributed by atoms with Crippen molar-refractivity contribution in [3.8, 4) is 0 Å². The molecule has 0 fully saturated rings. The average Bonchev–Trinajstić information content (AvgIpc) is 1.84. The van der Waals surface area contributed by atoms with E-state index in [1.165, 1.54) is 6.92 Å². The molecule has 0 aromatic heterocycles. The normalized spacial score (nSPS) is 12.8. The number of allylic oxidation sites excluding steroid dienone is 2. The second-order valence-corrected chi connectivity index (χ2v) is 1.98. The summed E-state index contributed by atoms with van der Waals surface area (Å²) >= 11 is 0. The summed E-state index contributed by atoms with van der Waals surface area (Å²) in [6.07, 6.45) is 0.757. The Labute approximate surface area is 54.5 Å². The van der Waals surface area contributed by atoms with Crippen molar-refractivity contribution in [2.75, 3.05) is 0 Å². The molecule has 9 heavy (non-hydrogen) atoms. The predicted molar refractivity (Wildman–Crippen MR) is 35.7 cm³/mol. The van der Waals surface area contributed by atoms with Gasteiger partial charge in [0.15, 0.2) is 0 Å². The summed E-state index contributed by atoms with van der Waals surface area (Å²) in [6.45, 7) is 5.21. The third-order valence-electron chi connectivity index (χ3n) is 1.42. The third-order valence-corrected chi connectivity index (χ3v) is 1.42. The van der Waals surface area contributed by atoms with Gasteiger partial charge in [-0.05, 0) is 18.9 Å². The highest BCUT2D eigenvalue weighted by Gasteiger charge is 2.04. The van der Waals surface area contributed by atoms with E-state index >= 15 is 0 Å². The Balaban J connectivity index is 4.28. The summed E-state index contributed by atoms with van der Waals surface area (Å²) in [5.74, 6) is 0. The van der Waals surface area contributed by atoms with Gasteiger partial charge in [-0.15, -0.1) is 0 Å². The Morgan fingerprint density at radius 3 is 2.11 bits per heavy atom. The Morgan fingerprint density at radius 1 is 1.56 bits per heavy atom. The predicted octanol–water partition coefficient (Wildman–Crippen LogP) is 1.97. The standard InChI is InChI=1S/C6H11NO2/c1-4-5(2)6(3)7(8)9/h4H2,1-3H3/b6-5+. The van der Waals surface area contributed by atoms with Crippen molar-refractivity contribution in [1.82, 2.24) is 0 Å². The molecule has 0 aromatic carbocycles. The topological polar surface area (TPSA) is 43.1 Å². The molecule has 0 bridgehead atoms. The van der Waals surface area contributed by atoms with Crippen LogP contribution in [0.25, 0.3) is 0 Å². The van der Waals surface area contributed by atoms with Crippen LogP contribution in [0, 0.1) is 10.1 Å². The molecule has 0 saturated carbocycles. The molecule has 0 aliphatic rings. The molecule has 0 aliphatic carbocycles. The zero-order valence-corrected chi connectivity index (χ0v) is 5.97. The highest BCUT2D eigenvalue weighted by molar-refractivity contribution is 5.00. The van der Waals surface area contributed by atoms with Crippen molar-refractivity contribution in [3.05, 3.63) is 21.4 Å². The van der Waals surface area contributed by atoms with Gasteiger partial charge in [0.2, 0.25) is 5.70 Å². The lowest BCUT2D eigenvalue weighted by Gasteiger charge is -1.93. The third kappa shape index (κ3) is 2.26. The lowest BCUT2D eigenvalue weighted by molar-refractivity contribution is -0.425. The zero-order valence-electron chi connectivity index (χ0n) is 5.97. The summed E-state index contributed by atoms with van der Waals surface area (Å²) in [5, 5.41) is 10.0. The molecule has 0 saturated heterocycles. The first-order chi connectivity index (χ1) is 4.09. The molecule has 3 heteroatoms. The summed E-state index contributed by atoms with van der Waals surface area (Å²) in [6, 6.07) is 0. The van der Waals surface area contributed by atoms with Crippen LogP contribution >= 0.6 is 0 Å². The highest BCUT2D eigenvalue weighted by atomic mass is 16.6. The number of hydrogen-bond donors (Lipinski definition) is 0. The van der Waals surface area contributed by atoms with Crippen LogP contribution in [0.5, 0.6) is 0 Å². The van der Waals surface area contributed by atoms with Crippen molar-refractivity contribution < 1.29 is 4.92 Å². The highest BCUT2D eigenvalue weighted by Crippen LogP contribution is 2.06. The Bertz CT molecular complexity index is 149. The fraction of sp³-hybridized carbons (Fsp3) is 0.667. The molecule has 0 spiro atoms. The minimum atomic E-state index is -0.348. The van der Waals surface area contributed by atoms with E-state index in [4.69, 9.17) is 0 Å². The fourth-order valence-corrected chi connectivity index (χ4v) is 0.412. The fourth-order valence-electron chi connectivity index (χ4n) is 0.412. The van der Waals surface area contributed by atoms with E-state index in [1.54, 1.807) is 6.92 Å². The van der Waals surface area contributed by atoms with Crippen LogP contribution in [-0.2, 0) is 0 Å². The lowest BCUT2D eigenvalue weighted by Crippen LogP contribution is -1.96. The van der Waals surface area contributed by atoms with Crippen LogP contribution in [0.1, 0.15) is 27.2 Å². The van der Waals surface area contributed by atoms with Gasteiger partial charge in [-0.3, -0.25) is 10.1 Å². The van der Waals surface area contributed by atoms with E-state index in [-0.39, 0.29) is 10.6 Å². The molecule has 0 aromatic rings. The SMILES string of the molecule is CC/C(C)=C(\C)[N+](=O)[O-]. The van der Waals surface area contributed by atoms with Crippen molar-refractivity contribution in [1.29, 1.82) is 0 Å². The number of hydrogen-bond acceptors (Lipinski definition) is 2. The van der Waals surface area contributed by atoms with Gasteiger partial charge in [0.05, 0.1) is 4.92 Å². The molecule has 52 valence electrons. The van der Waals surface area contributed by atoms with Crippen LogP contribution in [0.3, 0.4) is 0 Å². The van der Waals surface area contributed by atoms with Crippen molar-refractivity contribution in [2.45, 2.75) is 27.2 Å². The second kappa shape index (κ2) is 3.22. The summed E-state index contributed by atoms with van der Waals surface area (Å²) in [7, 11) is 0. The molecule has 0 N–H and O–H groups in total. The van der Waals surface area contributed by atoms with Crippen LogP contribution in [0.4, 0.5) is 0 Å². The molecule has 0 unspecified atom stereocenters. The molecule has 0 aliphatic heterocycles. The van der Waals surface area contributed by atoms with Gasteiger partial charge >= 0.3 is 0 Å². The number of nitrogens with zero attached hydrogens (tertiary/aromatic N) is 1. The van der Waals surface area contributed by atoms with Gasteiger partial charge in [-0.25, -0.2) is 0 Å². The molecule has 3 nitrogen and oxygen atoms in total.